The number of hydrogen-bond donors (Lipinski definition) is 2. The van der Waals surface area contributed by atoms with E-state index in [1.54, 1.807) is 31.3 Å². The van der Waals surface area contributed by atoms with Gasteiger partial charge in [0.15, 0.2) is 5.96 Å². The van der Waals surface area contributed by atoms with Crippen LogP contribution in [0.15, 0.2) is 29.3 Å². The van der Waals surface area contributed by atoms with Gasteiger partial charge in [-0.3, -0.25) is 4.99 Å². The summed E-state index contributed by atoms with van der Waals surface area (Å²) in [5, 5.41) is 6.43. The highest BCUT2D eigenvalue weighted by atomic mass is 19.3. The fourth-order valence-corrected chi connectivity index (χ4v) is 3.13. The molecule has 1 aliphatic rings. The molecule has 2 N–H and O–H groups in total. The predicted molar refractivity (Wildman–Crippen MR) is 101 cm³/mol. The van der Waals surface area contributed by atoms with E-state index in [0.717, 1.165) is 19.5 Å². The van der Waals surface area contributed by atoms with Crippen LogP contribution in [0.5, 0.6) is 5.75 Å². The molecule has 1 heterocycles. The highest BCUT2D eigenvalue weighted by Gasteiger charge is 2.10. The summed E-state index contributed by atoms with van der Waals surface area (Å²) < 4.78 is 29.5. The molecular formula is C19H30F2N4O. The van der Waals surface area contributed by atoms with E-state index < -0.39 is 6.61 Å². The van der Waals surface area contributed by atoms with E-state index in [4.69, 9.17) is 0 Å². The predicted octanol–water partition coefficient (Wildman–Crippen LogP) is 3.22. The number of nitrogens with one attached hydrogen (secondary N) is 2. The van der Waals surface area contributed by atoms with Crippen molar-refractivity contribution < 1.29 is 13.5 Å². The molecule has 146 valence electrons. The maximum atomic E-state index is 12.5. The number of likely N-dealkylation sites (tertiary alicyclic amines) is 1. The quantitative estimate of drug-likeness (QED) is 0.420. The summed E-state index contributed by atoms with van der Waals surface area (Å²) in [5.74, 6) is 0.847. The third kappa shape index (κ3) is 7.56. The Hall–Kier alpha value is -1.89. The summed E-state index contributed by atoms with van der Waals surface area (Å²) in [6.45, 7) is 1.87. The lowest BCUT2D eigenvalue weighted by Gasteiger charge is -2.20. The molecule has 0 saturated carbocycles. The largest absolute Gasteiger partial charge is 0.434 e. The summed E-state index contributed by atoms with van der Waals surface area (Å²) in [5.41, 5.74) is 0.667. The molecule has 0 atom stereocenters. The van der Waals surface area contributed by atoms with E-state index in [-0.39, 0.29) is 5.75 Å². The van der Waals surface area contributed by atoms with Crippen LogP contribution in [0.2, 0.25) is 0 Å². The normalized spacial score (nSPS) is 16.4. The molecule has 26 heavy (non-hydrogen) atoms. The number of aliphatic imine (C=N–C) groups is 1. The summed E-state index contributed by atoms with van der Waals surface area (Å²) in [6.07, 6.45) is 6.35. The van der Waals surface area contributed by atoms with Crippen LogP contribution in [0, 0.1) is 0 Å². The Kier molecular flexibility index (Phi) is 9.17. The van der Waals surface area contributed by atoms with E-state index >= 15 is 0 Å². The Morgan fingerprint density at radius 2 is 1.88 bits per heavy atom. The topological polar surface area (TPSA) is 48.9 Å². The first kappa shape index (κ1) is 20.4. The van der Waals surface area contributed by atoms with E-state index in [0.29, 0.717) is 18.1 Å². The molecule has 1 saturated heterocycles. The molecule has 1 aromatic carbocycles. The molecule has 0 radical (unpaired) electrons. The van der Waals surface area contributed by atoms with Gasteiger partial charge in [0.1, 0.15) is 5.75 Å². The number of guanidine groups is 1. The molecule has 7 heteroatoms. The summed E-state index contributed by atoms with van der Waals surface area (Å²) in [6, 6.07) is 6.78. The van der Waals surface area contributed by atoms with Gasteiger partial charge in [-0.25, -0.2) is 0 Å². The van der Waals surface area contributed by atoms with Crippen molar-refractivity contribution in [1.29, 1.82) is 0 Å². The van der Waals surface area contributed by atoms with Crippen LogP contribution in [0.4, 0.5) is 8.78 Å². The van der Waals surface area contributed by atoms with Gasteiger partial charge in [0.2, 0.25) is 0 Å². The Balaban J connectivity index is 1.71. The van der Waals surface area contributed by atoms with Gasteiger partial charge in [-0.15, -0.1) is 0 Å². The van der Waals surface area contributed by atoms with Crippen molar-refractivity contribution >= 4 is 5.96 Å². The lowest BCUT2D eigenvalue weighted by molar-refractivity contribution is -0.0504. The van der Waals surface area contributed by atoms with Gasteiger partial charge < -0.3 is 20.3 Å². The first-order valence-corrected chi connectivity index (χ1v) is 9.38. The minimum Gasteiger partial charge on any atom is -0.434 e. The molecule has 0 aromatic heterocycles. The Labute approximate surface area is 154 Å². The average Bonchev–Trinajstić information content (AvgIpc) is 2.90. The smallest absolute Gasteiger partial charge is 0.387 e. The third-order valence-electron chi connectivity index (χ3n) is 4.50. The minimum atomic E-state index is -2.83. The van der Waals surface area contributed by atoms with Crippen molar-refractivity contribution in [3.8, 4) is 5.75 Å². The van der Waals surface area contributed by atoms with E-state index in [1.165, 1.54) is 38.8 Å². The molecule has 1 aliphatic heterocycles. The van der Waals surface area contributed by atoms with Crippen LogP contribution >= 0.6 is 0 Å². The molecule has 0 amide bonds. The number of rotatable bonds is 8. The molecular weight excluding hydrogens is 338 g/mol. The number of hydrogen-bond acceptors (Lipinski definition) is 3. The summed E-state index contributed by atoms with van der Waals surface area (Å²) in [4.78, 5) is 6.72. The van der Waals surface area contributed by atoms with Crippen LogP contribution in [-0.2, 0) is 6.54 Å². The SMILES string of the molecule is CN=C(NCCCN1CCCCCC1)NCc1ccccc1OC(F)F. The van der Waals surface area contributed by atoms with Gasteiger partial charge in [0.25, 0.3) is 0 Å². The van der Waals surface area contributed by atoms with Crippen LogP contribution < -0.4 is 15.4 Å². The zero-order valence-electron chi connectivity index (χ0n) is 15.5. The second-order valence-electron chi connectivity index (χ2n) is 6.45. The van der Waals surface area contributed by atoms with Crippen LogP contribution in [-0.4, -0.2) is 50.7 Å². The first-order chi connectivity index (χ1) is 12.7. The van der Waals surface area contributed by atoms with Gasteiger partial charge in [-0.1, -0.05) is 31.0 Å². The zero-order valence-corrected chi connectivity index (χ0v) is 15.5. The van der Waals surface area contributed by atoms with E-state index in [1.807, 2.05) is 0 Å². The van der Waals surface area contributed by atoms with Gasteiger partial charge in [0, 0.05) is 25.7 Å². The molecule has 0 aliphatic carbocycles. The van der Waals surface area contributed by atoms with E-state index in [2.05, 4.69) is 25.3 Å². The van der Waals surface area contributed by atoms with Crippen molar-refractivity contribution in [2.45, 2.75) is 45.3 Å². The number of nitrogens with zero attached hydrogens (tertiary/aromatic N) is 2. The summed E-state index contributed by atoms with van der Waals surface area (Å²) >= 11 is 0. The highest BCUT2D eigenvalue weighted by molar-refractivity contribution is 5.79. The number of alkyl halides is 2. The number of ether oxygens (including phenoxy) is 1. The molecule has 5 nitrogen and oxygen atoms in total. The van der Waals surface area contributed by atoms with Crippen molar-refractivity contribution in [2.75, 3.05) is 33.2 Å². The van der Waals surface area contributed by atoms with Crippen LogP contribution in [0.3, 0.4) is 0 Å². The Bertz CT molecular complexity index is 546. The van der Waals surface area contributed by atoms with Crippen LogP contribution in [0.1, 0.15) is 37.7 Å². The molecule has 2 rings (SSSR count). The molecule has 1 aromatic rings. The van der Waals surface area contributed by atoms with Crippen molar-refractivity contribution in [3.05, 3.63) is 29.8 Å². The van der Waals surface area contributed by atoms with Crippen molar-refractivity contribution in [1.82, 2.24) is 15.5 Å². The van der Waals surface area contributed by atoms with Gasteiger partial charge >= 0.3 is 6.61 Å². The molecule has 0 spiro atoms. The van der Waals surface area contributed by atoms with Crippen molar-refractivity contribution in [3.63, 3.8) is 0 Å². The second-order valence-corrected chi connectivity index (χ2v) is 6.45. The average molecular weight is 368 g/mol. The number of benzene rings is 1. The standard InChI is InChI=1S/C19H30F2N4O/c1-22-19(23-11-8-14-25-12-6-2-3-7-13-25)24-15-16-9-4-5-10-17(16)26-18(20)21/h4-5,9-10,18H,2-3,6-8,11-15H2,1H3,(H2,22,23,24). The second kappa shape index (κ2) is 11.7. The van der Waals surface area contributed by atoms with Crippen molar-refractivity contribution in [2.24, 2.45) is 4.99 Å². The monoisotopic (exact) mass is 368 g/mol. The maximum Gasteiger partial charge on any atom is 0.387 e. The molecule has 0 unspecified atom stereocenters. The van der Waals surface area contributed by atoms with Crippen LogP contribution in [0.25, 0.3) is 0 Å². The number of halogens is 2. The first-order valence-electron chi connectivity index (χ1n) is 9.38. The maximum absolute atomic E-state index is 12.5. The lowest BCUT2D eigenvalue weighted by Crippen LogP contribution is -2.38. The molecule has 1 fully saturated rings. The lowest BCUT2D eigenvalue weighted by atomic mass is 10.2. The zero-order chi connectivity index (χ0) is 18.6. The Morgan fingerprint density at radius 3 is 2.58 bits per heavy atom. The highest BCUT2D eigenvalue weighted by Crippen LogP contribution is 2.19. The fourth-order valence-electron chi connectivity index (χ4n) is 3.13. The summed E-state index contributed by atoms with van der Waals surface area (Å²) in [7, 11) is 1.70. The molecule has 0 bridgehead atoms. The number of para-hydroxylation sites is 1. The van der Waals surface area contributed by atoms with E-state index in [9.17, 15) is 8.78 Å². The minimum absolute atomic E-state index is 0.187. The third-order valence-corrected chi connectivity index (χ3v) is 4.50. The Morgan fingerprint density at radius 1 is 1.15 bits per heavy atom. The fraction of sp³-hybridized carbons (Fsp3) is 0.632. The van der Waals surface area contributed by atoms with Gasteiger partial charge in [-0.05, 0) is 45.0 Å². The van der Waals surface area contributed by atoms with Gasteiger partial charge in [-0.2, -0.15) is 8.78 Å². The van der Waals surface area contributed by atoms with Gasteiger partial charge in [0.05, 0.1) is 0 Å².